The van der Waals surface area contributed by atoms with Crippen LogP contribution in [0.5, 0.6) is 5.75 Å². The van der Waals surface area contributed by atoms with E-state index in [1.165, 1.54) is 0 Å². The summed E-state index contributed by atoms with van der Waals surface area (Å²) >= 11 is 0. The van der Waals surface area contributed by atoms with Crippen molar-refractivity contribution in [3.8, 4) is 28.0 Å². The van der Waals surface area contributed by atoms with Gasteiger partial charge in [0.25, 0.3) is 0 Å². The highest BCUT2D eigenvalue weighted by atomic mass is 16.6. The lowest BCUT2D eigenvalue weighted by Gasteiger charge is -2.34. The average Bonchev–Trinajstić information content (AvgIpc) is 3.29. The van der Waals surface area contributed by atoms with Crippen molar-refractivity contribution in [2.45, 2.75) is 31.9 Å². The van der Waals surface area contributed by atoms with Crippen LogP contribution in [0.3, 0.4) is 0 Å². The number of Topliss-reactive ketones (excluding diaryl/α,β-unsaturated/α-hetero) is 1. The zero-order valence-corrected chi connectivity index (χ0v) is 33.6. The number of nitrogens with one attached hydrogen (secondary N) is 3. The molecule has 1 heterocycles. The lowest BCUT2D eigenvalue weighted by Crippen LogP contribution is -2.42. The number of nitrogens with zero attached hydrogens (tertiary/aromatic N) is 2. The van der Waals surface area contributed by atoms with Crippen molar-refractivity contribution in [1.82, 2.24) is 15.5 Å². The molecule has 0 unspecified atom stereocenters. The van der Waals surface area contributed by atoms with E-state index in [9.17, 15) is 19.5 Å². The zero-order chi connectivity index (χ0) is 41.5. The number of phenolic OH excluding ortho intramolecular Hbond substituents is 1. The number of amides is 2. The van der Waals surface area contributed by atoms with Crippen LogP contribution in [0.2, 0.25) is 0 Å². The van der Waals surface area contributed by atoms with Crippen molar-refractivity contribution in [2.24, 2.45) is 0 Å². The number of carbonyl (C=O) groups excluding carboxylic acids is 3. The quantitative estimate of drug-likeness (QED) is 0.0533. The minimum Gasteiger partial charge on any atom is -0.508 e. The molecular formula is C50H51N5O5. The molecule has 0 bridgehead atoms. The maximum atomic E-state index is 14.5. The highest BCUT2D eigenvalue weighted by Crippen LogP contribution is 2.40. The fourth-order valence-corrected chi connectivity index (χ4v) is 7.42. The van der Waals surface area contributed by atoms with Gasteiger partial charge in [-0.05, 0) is 65.9 Å². The van der Waals surface area contributed by atoms with E-state index in [-0.39, 0.29) is 36.5 Å². The minimum atomic E-state index is -0.414. The van der Waals surface area contributed by atoms with Gasteiger partial charge < -0.3 is 30.7 Å². The summed E-state index contributed by atoms with van der Waals surface area (Å²) in [6.07, 6.45) is 1.03. The topological polar surface area (TPSA) is 123 Å². The third-order valence-electron chi connectivity index (χ3n) is 10.6. The van der Waals surface area contributed by atoms with Gasteiger partial charge in [0.15, 0.2) is 5.78 Å². The minimum absolute atomic E-state index is 0.0560. The van der Waals surface area contributed by atoms with Crippen LogP contribution in [0.1, 0.15) is 35.2 Å². The number of carbonyl (C=O) groups is 3. The Bertz CT molecular complexity index is 2250. The molecule has 60 heavy (non-hydrogen) atoms. The Hall–Kier alpha value is -6.59. The molecule has 10 nitrogen and oxygen atoms in total. The third-order valence-corrected chi connectivity index (χ3v) is 10.6. The monoisotopic (exact) mass is 801 g/mol. The smallest absolute Gasteiger partial charge is 0.419 e. The third kappa shape index (κ3) is 11.3. The van der Waals surface area contributed by atoms with Gasteiger partial charge in [-0.15, -0.1) is 0 Å². The summed E-state index contributed by atoms with van der Waals surface area (Å²) < 4.78 is 6.34. The van der Waals surface area contributed by atoms with Crippen molar-refractivity contribution in [1.29, 1.82) is 0 Å². The van der Waals surface area contributed by atoms with Gasteiger partial charge in [-0.25, -0.2) is 9.69 Å². The fourth-order valence-electron chi connectivity index (χ4n) is 7.42. The second-order valence-electron chi connectivity index (χ2n) is 14.8. The number of piperidine rings is 1. The van der Waals surface area contributed by atoms with E-state index in [1.807, 2.05) is 97.1 Å². The zero-order valence-electron chi connectivity index (χ0n) is 33.6. The van der Waals surface area contributed by atoms with Crippen LogP contribution in [0.4, 0.5) is 21.9 Å². The van der Waals surface area contributed by atoms with E-state index in [2.05, 4.69) is 45.1 Å². The molecule has 0 saturated carbocycles. The van der Waals surface area contributed by atoms with Crippen molar-refractivity contribution in [2.75, 3.05) is 49.5 Å². The predicted octanol–water partition coefficient (Wildman–Crippen LogP) is 9.06. The highest BCUT2D eigenvalue weighted by Gasteiger charge is 2.29. The standard InChI is InChI=1S/C50H51N5O5/c56-42-24-22-37(23-25-42)35-51-29-26-49(58)53-41-17-11-16-40(34-41)48(57)36-52-30-33-54-31-27-43(28-32-54)60-50(59)55(46-20-9-7-18-44(46)38-12-3-1-4-13-38)47-21-10-8-19-45(47)39-14-5-2-6-15-39/h1-25,34,43,51-52,56H,26-33,35-36H2,(H,53,58). The number of para-hydroxylation sites is 2. The molecule has 1 aliphatic heterocycles. The van der Waals surface area contributed by atoms with Crippen LogP contribution < -0.4 is 20.9 Å². The molecule has 0 spiro atoms. The SMILES string of the molecule is O=C(CCNCc1ccc(O)cc1)Nc1cccc(C(=O)CNCCN2CCC(OC(=O)N(c3ccccc3-c3ccccc3)c3ccccc3-c3ccccc3)CC2)c1. The van der Waals surface area contributed by atoms with Crippen LogP contribution in [-0.4, -0.2) is 73.2 Å². The Morgan fingerprint density at radius 3 is 1.90 bits per heavy atom. The van der Waals surface area contributed by atoms with Gasteiger partial charge in [0.05, 0.1) is 17.9 Å². The highest BCUT2D eigenvalue weighted by molar-refractivity contribution is 6.04. The molecule has 1 aliphatic rings. The van der Waals surface area contributed by atoms with E-state index in [0.29, 0.717) is 43.7 Å². The summed E-state index contributed by atoms with van der Waals surface area (Å²) in [6, 6.07) is 50.0. The number of rotatable bonds is 17. The molecule has 0 atom stereocenters. The maximum absolute atomic E-state index is 14.5. The van der Waals surface area contributed by atoms with Crippen LogP contribution in [-0.2, 0) is 16.1 Å². The number of ether oxygens (including phenoxy) is 1. The molecule has 10 heteroatoms. The largest absolute Gasteiger partial charge is 0.508 e. The molecule has 306 valence electrons. The van der Waals surface area contributed by atoms with Gasteiger partial charge in [0.1, 0.15) is 11.9 Å². The Balaban J connectivity index is 0.891. The molecule has 0 aliphatic carbocycles. The van der Waals surface area contributed by atoms with Gasteiger partial charge in [-0.2, -0.15) is 0 Å². The van der Waals surface area contributed by atoms with Crippen molar-refractivity contribution < 1.29 is 24.2 Å². The lowest BCUT2D eigenvalue weighted by molar-refractivity contribution is -0.116. The van der Waals surface area contributed by atoms with Crippen LogP contribution in [0.15, 0.2) is 158 Å². The van der Waals surface area contributed by atoms with E-state index in [1.54, 1.807) is 41.3 Å². The first-order valence-electron chi connectivity index (χ1n) is 20.6. The summed E-state index contributed by atoms with van der Waals surface area (Å²) in [7, 11) is 0. The molecule has 0 radical (unpaired) electrons. The number of ketones is 1. The van der Waals surface area contributed by atoms with Crippen LogP contribution in [0, 0.1) is 0 Å². The molecule has 4 N–H and O–H groups in total. The number of benzene rings is 6. The molecule has 2 amide bonds. The summed E-state index contributed by atoms with van der Waals surface area (Å²) in [4.78, 5) is 44.1. The Kier molecular flexibility index (Phi) is 14.5. The van der Waals surface area contributed by atoms with Crippen molar-refractivity contribution >= 4 is 34.8 Å². The fraction of sp³-hybridized carbons (Fsp3) is 0.220. The van der Waals surface area contributed by atoms with E-state index in [4.69, 9.17) is 4.74 Å². The van der Waals surface area contributed by atoms with Crippen LogP contribution >= 0.6 is 0 Å². The second-order valence-corrected chi connectivity index (χ2v) is 14.8. The second kappa shape index (κ2) is 20.9. The first kappa shape index (κ1) is 41.6. The lowest BCUT2D eigenvalue weighted by atomic mass is 10.00. The predicted molar refractivity (Wildman–Crippen MR) is 239 cm³/mol. The molecule has 0 aromatic heterocycles. The normalized spacial score (nSPS) is 13.1. The number of aromatic hydroxyl groups is 1. The number of likely N-dealkylation sites (tertiary alicyclic amines) is 1. The van der Waals surface area contributed by atoms with Crippen molar-refractivity contribution in [3.63, 3.8) is 0 Å². The molecule has 7 rings (SSSR count). The summed E-state index contributed by atoms with van der Waals surface area (Å²) in [5.74, 6) is 0.0178. The first-order valence-corrected chi connectivity index (χ1v) is 20.6. The number of phenols is 1. The molecule has 1 saturated heterocycles. The Morgan fingerprint density at radius 2 is 1.27 bits per heavy atom. The Labute approximate surface area is 351 Å². The molecular weight excluding hydrogens is 751 g/mol. The van der Waals surface area contributed by atoms with Gasteiger partial charge in [0, 0.05) is 68.1 Å². The number of hydrogen-bond acceptors (Lipinski definition) is 8. The van der Waals surface area contributed by atoms with E-state index < -0.39 is 6.09 Å². The summed E-state index contributed by atoms with van der Waals surface area (Å²) in [5.41, 5.74) is 7.50. The van der Waals surface area contributed by atoms with Crippen molar-refractivity contribution in [3.05, 3.63) is 169 Å². The first-order chi connectivity index (χ1) is 29.4. The summed E-state index contributed by atoms with van der Waals surface area (Å²) in [6.45, 7) is 4.18. The van der Waals surface area contributed by atoms with Gasteiger partial charge >= 0.3 is 6.09 Å². The number of hydrogen-bond donors (Lipinski definition) is 4. The molecule has 1 fully saturated rings. The maximum Gasteiger partial charge on any atom is 0.419 e. The average molecular weight is 802 g/mol. The van der Waals surface area contributed by atoms with Gasteiger partial charge in [-0.1, -0.05) is 121 Å². The van der Waals surface area contributed by atoms with Gasteiger partial charge in [0.2, 0.25) is 5.91 Å². The molecule has 6 aromatic carbocycles. The van der Waals surface area contributed by atoms with Crippen LogP contribution in [0.25, 0.3) is 22.3 Å². The van der Waals surface area contributed by atoms with Gasteiger partial charge in [-0.3, -0.25) is 9.59 Å². The van der Waals surface area contributed by atoms with E-state index in [0.717, 1.165) is 58.8 Å². The molecule has 6 aromatic rings. The Morgan fingerprint density at radius 1 is 0.667 bits per heavy atom. The number of anilines is 3. The summed E-state index contributed by atoms with van der Waals surface area (Å²) in [5, 5.41) is 18.8. The van der Waals surface area contributed by atoms with E-state index >= 15 is 0 Å².